The average Bonchev–Trinajstić information content (AvgIpc) is 2.91. The number of ether oxygens (including phenoxy) is 1. The Morgan fingerprint density at radius 3 is 2.28 bits per heavy atom. The van der Waals surface area contributed by atoms with Crippen LogP contribution in [0.3, 0.4) is 0 Å². The molecule has 128 valence electrons. The predicted molar refractivity (Wildman–Crippen MR) is 96.2 cm³/mol. The molecule has 0 aliphatic rings. The van der Waals surface area contributed by atoms with Crippen LogP contribution in [0.4, 0.5) is 5.69 Å². The summed E-state index contributed by atoms with van der Waals surface area (Å²) in [5.41, 5.74) is 4.78. The van der Waals surface area contributed by atoms with Crippen LogP contribution < -0.4 is 5.32 Å². The molecule has 0 saturated carbocycles. The van der Waals surface area contributed by atoms with E-state index in [1.54, 1.807) is 24.3 Å². The summed E-state index contributed by atoms with van der Waals surface area (Å²) < 4.78 is 10.4. The largest absolute Gasteiger partial charge is 0.465 e. The summed E-state index contributed by atoms with van der Waals surface area (Å²) in [5, 5.41) is 3.73. The van der Waals surface area contributed by atoms with Gasteiger partial charge in [0.1, 0.15) is 5.58 Å². The Hall–Kier alpha value is -3.08. The lowest BCUT2D eigenvalue weighted by Crippen LogP contribution is -2.12. The van der Waals surface area contributed by atoms with E-state index in [0.717, 1.165) is 22.1 Å². The van der Waals surface area contributed by atoms with Crippen molar-refractivity contribution < 1.29 is 18.7 Å². The van der Waals surface area contributed by atoms with Gasteiger partial charge < -0.3 is 14.5 Å². The first kappa shape index (κ1) is 16.8. The number of esters is 1. The van der Waals surface area contributed by atoms with E-state index < -0.39 is 5.97 Å². The molecule has 0 saturated heterocycles. The number of hydrogen-bond donors (Lipinski definition) is 1. The molecule has 5 nitrogen and oxygen atoms in total. The van der Waals surface area contributed by atoms with Crippen LogP contribution in [0.2, 0.25) is 0 Å². The highest BCUT2D eigenvalue weighted by molar-refractivity contribution is 6.06. The number of furan rings is 1. The summed E-state index contributed by atoms with van der Waals surface area (Å²) in [6, 6.07) is 10.5. The van der Waals surface area contributed by atoms with Crippen molar-refractivity contribution in [1.82, 2.24) is 0 Å². The monoisotopic (exact) mass is 337 g/mol. The number of hydrogen-bond acceptors (Lipinski definition) is 4. The van der Waals surface area contributed by atoms with Gasteiger partial charge in [0.05, 0.1) is 12.7 Å². The number of fused-ring (bicyclic) bond motifs is 1. The summed E-state index contributed by atoms with van der Waals surface area (Å²) in [6.07, 6.45) is 0. The van der Waals surface area contributed by atoms with E-state index >= 15 is 0 Å². The molecule has 0 fully saturated rings. The van der Waals surface area contributed by atoms with Gasteiger partial charge in [-0.25, -0.2) is 4.79 Å². The zero-order valence-electron chi connectivity index (χ0n) is 14.6. The van der Waals surface area contributed by atoms with Gasteiger partial charge in [-0.15, -0.1) is 0 Å². The maximum atomic E-state index is 12.6. The van der Waals surface area contributed by atoms with Crippen LogP contribution in [0, 0.1) is 20.8 Å². The Morgan fingerprint density at radius 1 is 1.00 bits per heavy atom. The number of amides is 1. The van der Waals surface area contributed by atoms with Crippen molar-refractivity contribution in [3.63, 3.8) is 0 Å². The average molecular weight is 337 g/mol. The van der Waals surface area contributed by atoms with E-state index in [9.17, 15) is 9.59 Å². The van der Waals surface area contributed by atoms with Crippen molar-refractivity contribution in [2.75, 3.05) is 12.4 Å². The smallest absolute Gasteiger partial charge is 0.337 e. The fourth-order valence-electron chi connectivity index (χ4n) is 2.69. The van der Waals surface area contributed by atoms with Crippen molar-refractivity contribution in [3.05, 3.63) is 64.4 Å². The molecule has 0 unspecified atom stereocenters. The van der Waals surface area contributed by atoms with E-state index in [0.29, 0.717) is 16.8 Å². The number of anilines is 1. The molecule has 0 radical (unpaired) electrons. The number of carbonyl (C=O) groups is 2. The molecule has 2 aromatic carbocycles. The van der Waals surface area contributed by atoms with Crippen molar-refractivity contribution in [2.24, 2.45) is 0 Å². The fourth-order valence-corrected chi connectivity index (χ4v) is 2.69. The first-order chi connectivity index (χ1) is 11.9. The lowest BCUT2D eigenvalue weighted by atomic mass is 10.0. The highest BCUT2D eigenvalue weighted by Gasteiger charge is 2.18. The van der Waals surface area contributed by atoms with Crippen LogP contribution >= 0.6 is 0 Å². The van der Waals surface area contributed by atoms with Crippen molar-refractivity contribution >= 4 is 28.5 Å². The molecular weight excluding hydrogens is 318 g/mol. The zero-order valence-corrected chi connectivity index (χ0v) is 14.6. The van der Waals surface area contributed by atoms with Gasteiger partial charge in [0, 0.05) is 16.6 Å². The number of benzene rings is 2. The highest BCUT2D eigenvalue weighted by Crippen LogP contribution is 2.28. The van der Waals surface area contributed by atoms with Crippen molar-refractivity contribution in [1.29, 1.82) is 0 Å². The van der Waals surface area contributed by atoms with Crippen LogP contribution in [0.15, 0.2) is 40.8 Å². The lowest BCUT2D eigenvalue weighted by Gasteiger charge is -2.05. The van der Waals surface area contributed by atoms with Crippen LogP contribution in [0.25, 0.3) is 11.0 Å². The van der Waals surface area contributed by atoms with Crippen LogP contribution in [-0.4, -0.2) is 19.0 Å². The number of rotatable bonds is 3. The maximum Gasteiger partial charge on any atom is 0.337 e. The topological polar surface area (TPSA) is 68.5 Å². The van der Waals surface area contributed by atoms with Crippen molar-refractivity contribution in [2.45, 2.75) is 20.8 Å². The molecule has 1 aromatic heterocycles. The Bertz CT molecular complexity index is 968. The molecular formula is C20H19NO4. The molecule has 1 heterocycles. The Balaban J connectivity index is 1.87. The molecule has 0 bridgehead atoms. The molecule has 0 aliphatic heterocycles. The van der Waals surface area contributed by atoms with Gasteiger partial charge in [-0.2, -0.15) is 0 Å². The third-order valence-corrected chi connectivity index (χ3v) is 4.32. The van der Waals surface area contributed by atoms with Crippen LogP contribution in [-0.2, 0) is 4.74 Å². The minimum absolute atomic E-state index is 0.289. The summed E-state index contributed by atoms with van der Waals surface area (Å²) in [5.74, 6) is -0.455. The molecule has 0 spiro atoms. The number of carbonyl (C=O) groups excluding carboxylic acids is 2. The van der Waals surface area contributed by atoms with Gasteiger partial charge in [-0.05, 0) is 68.3 Å². The summed E-state index contributed by atoms with van der Waals surface area (Å²) in [7, 11) is 1.33. The van der Waals surface area contributed by atoms with Gasteiger partial charge in [0.2, 0.25) is 0 Å². The first-order valence-electron chi connectivity index (χ1n) is 7.90. The molecule has 1 amide bonds. The van der Waals surface area contributed by atoms with E-state index in [1.807, 2.05) is 32.9 Å². The van der Waals surface area contributed by atoms with E-state index in [2.05, 4.69) is 10.1 Å². The standard InChI is InChI=1S/C20H19NO4/c1-11-9-16-13(3)18(25-17(16)10-12(11)2)19(22)21-15-7-5-14(6-8-15)20(23)24-4/h5-10H,1-4H3,(H,21,22). The predicted octanol–water partition coefficient (Wildman–Crippen LogP) is 4.40. The Kier molecular flexibility index (Phi) is 4.31. The molecule has 3 aromatic rings. The van der Waals surface area contributed by atoms with E-state index in [-0.39, 0.29) is 11.7 Å². The van der Waals surface area contributed by atoms with Gasteiger partial charge in [0.25, 0.3) is 5.91 Å². The van der Waals surface area contributed by atoms with Gasteiger partial charge in [-0.3, -0.25) is 4.79 Å². The summed E-state index contributed by atoms with van der Waals surface area (Å²) >= 11 is 0. The third kappa shape index (κ3) is 3.13. The molecule has 0 atom stereocenters. The zero-order chi connectivity index (χ0) is 18.1. The van der Waals surface area contributed by atoms with E-state index in [1.165, 1.54) is 7.11 Å². The quantitative estimate of drug-likeness (QED) is 0.719. The Labute approximate surface area is 145 Å². The minimum atomic E-state index is -0.420. The molecule has 1 N–H and O–H groups in total. The van der Waals surface area contributed by atoms with Crippen molar-refractivity contribution in [3.8, 4) is 0 Å². The fraction of sp³-hybridized carbons (Fsp3) is 0.200. The molecule has 25 heavy (non-hydrogen) atoms. The first-order valence-corrected chi connectivity index (χ1v) is 7.90. The van der Waals surface area contributed by atoms with Crippen LogP contribution in [0.1, 0.15) is 37.6 Å². The number of aryl methyl sites for hydroxylation is 3. The third-order valence-electron chi connectivity index (χ3n) is 4.32. The normalized spacial score (nSPS) is 10.7. The Morgan fingerprint density at radius 2 is 1.64 bits per heavy atom. The maximum absolute atomic E-state index is 12.6. The van der Waals surface area contributed by atoms with Crippen LogP contribution in [0.5, 0.6) is 0 Å². The highest BCUT2D eigenvalue weighted by atomic mass is 16.5. The van der Waals surface area contributed by atoms with Gasteiger partial charge in [-0.1, -0.05) is 0 Å². The summed E-state index contributed by atoms with van der Waals surface area (Å²) in [6.45, 7) is 5.91. The molecule has 0 aliphatic carbocycles. The number of nitrogens with one attached hydrogen (secondary N) is 1. The SMILES string of the molecule is COC(=O)c1ccc(NC(=O)c2oc3cc(C)c(C)cc3c2C)cc1. The molecule has 3 rings (SSSR count). The van der Waals surface area contributed by atoms with Gasteiger partial charge in [0.15, 0.2) is 5.76 Å². The number of methoxy groups -OCH3 is 1. The second-order valence-electron chi connectivity index (χ2n) is 6.01. The van der Waals surface area contributed by atoms with E-state index in [4.69, 9.17) is 4.42 Å². The van der Waals surface area contributed by atoms with Gasteiger partial charge >= 0.3 is 5.97 Å². The second-order valence-corrected chi connectivity index (χ2v) is 6.01. The lowest BCUT2D eigenvalue weighted by molar-refractivity contribution is 0.0600. The minimum Gasteiger partial charge on any atom is -0.465 e. The molecule has 5 heteroatoms. The summed E-state index contributed by atoms with van der Waals surface area (Å²) in [4.78, 5) is 24.0. The second kappa shape index (κ2) is 6.43.